The van der Waals surface area contributed by atoms with Crippen LogP contribution in [0.4, 0.5) is 11.4 Å². The molecule has 13 nitrogen and oxygen atoms in total. The highest BCUT2D eigenvalue weighted by molar-refractivity contribution is 7.89. The van der Waals surface area contributed by atoms with Crippen molar-refractivity contribution in [3.8, 4) is 5.75 Å². The molecule has 0 bridgehead atoms. The van der Waals surface area contributed by atoms with Crippen molar-refractivity contribution in [2.75, 3.05) is 37.9 Å². The van der Waals surface area contributed by atoms with Gasteiger partial charge in [-0.15, -0.1) is 0 Å². The number of carbonyl (C=O) groups excluding carboxylic acids is 2. The molecule has 0 aliphatic carbocycles. The number of methoxy groups -OCH3 is 1. The molecule has 0 aliphatic heterocycles. The number of carboxylic acid groups (broad SMARTS) is 2. The summed E-state index contributed by atoms with van der Waals surface area (Å²) in [7, 11) is -0.683. The Morgan fingerprint density at radius 2 is 1.41 bits per heavy atom. The first kappa shape index (κ1) is 28.0. The molecule has 34 heavy (non-hydrogen) atoms. The number of nitrogens with zero attached hydrogens (tertiary/aromatic N) is 1. The fourth-order valence-corrected chi connectivity index (χ4v) is 2.93. The number of ether oxygens (including phenoxy) is 1. The summed E-state index contributed by atoms with van der Waals surface area (Å²) < 4.78 is 27.8. The first-order chi connectivity index (χ1) is 15.8. The van der Waals surface area contributed by atoms with Gasteiger partial charge in [0.1, 0.15) is 5.75 Å². The van der Waals surface area contributed by atoms with Crippen molar-refractivity contribution in [3.05, 3.63) is 48.5 Å². The highest BCUT2D eigenvalue weighted by Gasteiger charge is 2.13. The summed E-state index contributed by atoms with van der Waals surface area (Å²) in [6, 6.07) is 12.5. The number of hydrogen-bond donors (Lipinski definition) is 5. The minimum atomic E-state index is -3.86. The van der Waals surface area contributed by atoms with Gasteiger partial charge < -0.3 is 25.6 Å². The SMILES string of the molecule is COc1ccc(NC(=O)CN(C)CC(=O)Nc2cccc(S(N)(=O)=O)c2)cc1.O=C(O)C(=O)O. The van der Waals surface area contributed by atoms with Crippen LogP contribution < -0.4 is 20.5 Å². The van der Waals surface area contributed by atoms with Crippen molar-refractivity contribution < 1.29 is 42.5 Å². The maximum atomic E-state index is 12.1. The lowest BCUT2D eigenvalue weighted by molar-refractivity contribution is -0.159. The molecule has 0 atom stereocenters. The second kappa shape index (κ2) is 12.9. The van der Waals surface area contributed by atoms with Gasteiger partial charge in [-0.25, -0.2) is 23.1 Å². The van der Waals surface area contributed by atoms with Gasteiger partial charge in [0.25, 0.3) is 0 Å². The maximum Gasteiger partial charge on any atom is 0.414 e. The zero-order chi connectivity index (χ0) is 25.9. The minimum Gasteiger partial charge on any atom is -0.497 e. The average Bonchev–Trinajstić information content (AvgIpc) is 2.73. The first-order valence-corrected chi connectivity index (χ1v) is 10.9. The molecule has 2 amide bonds. The van der Waals surface area contributed by atoms with E-state index in [4.69, 9.17) is 29.7 Å². The number of benzene rings is 2. The molecular formula is C20H24N4O9S. The summed E-state index contributed by atoms with van der Waals surface area (Å²) in [6.07, 6.45) is 0. The number of carbonyl (C=O) groups is 4. The molecule has 0 saturated carbocycles. The second-order valence-corrected chi connectivity index (χ2v) is 8.24. The molecule has 2 aromatic rings. The normalized spacial score (nSPS) is 10.5. The fraction of sp³-hybridized carbons (Fsp3) is 0.200. The van der Waals surface area contributed by atoms with Crippen LogP contribution in [0.3, 0.4) is 0 Å². The number of sulfonamides is 1. The molecule has 184 valence electrons. The third-order valence-corrected chi connectivity index (χ3v) is 4.74. The van der Waals surface area contributed by atoms with Crippen molar-refractivity contribution in [1.29, 1.82) is 0 Å². The Bertz CT molecular complexity index is 1120. The summed E-state index contributed by atoms with van der Waals surface area (Å²) in [6.45, 7) is -0.0632. The Kier molecular flexibility index (Phi) is 10.6. The quantitative estimate of drug-likeness (QED) is 0.309. The fourth-order valence-electron chi connectivity index (χ4n) is 2.37. The lowest BCUT2D eigenvalue weighted by Gasteiger charge is -2.16. The Morgan fingerprint density at radius 3 is 1.85 bits per heavy atom. The van der Waals surface area contributed by atoms with Gasteiger partial charge in [-0.05, 0) is 49.5 Å². The van der Waals surface area contributed by atoms with Gasteiger partial charge in [-0.3, -0.25) is 14.5 Å². The Balaban J connectivity index is 0.000000852. The van der Waals surface area contributed by atoms with Crippen molar-refractivity contribution in [1.82, 2.24) is 4.90 Å². The van der Waals surface area contributed by atoms with Crippen LogP contribution in [0.5, 0.6) is 5.75 Å². The molecular weight excluding hydrogens is 472 g/mol. The number of aliphatic carboxylic acids is 2. The summed E-state index contributed by atoms with van der Waals surface area (Å²) in [4.78, 5) is 43.8. The molecule has 14 heteroatoms. The van der Waals surface area contributed by atoms with E-state index in [0.717, 1.165) is 0 Å². The smallest absolute Gasteiger partial charge is 0.414 e. The van der Waals surface area contributed by atoms with Gasteiger partial charge in [0.15, 0.2) is 0 Å². The van der Waals surface area contributed by atoms with Gasteiger partial charge in [-0.2, -0.15) is 0 Å². The summed E-state index contributed by atoms with van der Waals surface area (Å²) in [5, 5.41) is 25.2. The first-order valence-electron chi connectivity index (χ1n) is 9.33. The third kappa shape index (κ3) is 10.5. The number of rotatable bonds is 8. The number of likely N-dealkylation sites (N-methyl/N-ethyl adjacent to an activating group) is 1. The lowest BCUT2D eigenvalue weighted by Crippen LogP contribution is -2.36. The van der Waals surface area contributed by atoms with Crippen LogP contribution in [0, 0.1) is 0 Å². The summed E-state index contributed by atoms with van der Waals surface area (Å²) in [5.74, 6) is -3.65. The van der Waals surface area contributed by atoms with E-state index in [2.05, 4.69) is 10.6 Å². The number of nitrogens with one attached hydrogen (secondary N) is 2. The highest BCUT2D eigenvalue weighted by Crippen LogP contribution is 2.15. The van der Waals surface area contributed by atoms with Gasteiger partial charge in [-0.1, -0.05) is 6.07 Å². The Morgan fingerprint density at radius 1 is 0.912 bits per heavy atom. The molecule has 0 aliphatic rings. The molecule has 0 heterocycles. The van der Waals surface area contributed by atoms with E-state index < -0.39 is 27.9 Å². The lowest BCUT2D eigenvalue weighted by atomic mass is 10.3. The highest BCUT2D eigenvalue weighted by atomic mass is 32.2. The third-order valence-electron chi connectivity index (χ3n) is 3.83. The minimum absolute atomic E-state index is 0.00331. The van der Waals surface area contributed by atoms with Gasteiger partial charge in [0.2, 0.25) is 21.8 Å². The molecule has 0 spiro atoms. The van der Waals surface area contributed by atoms with E-state index in [1.54, 1.807) is 44.5 Å². The van der Waals surface area contributed by atoms with Gasteiger partial charge in [0.05, 0.1) is 25.1 Å². The van der Waals surface area contributed by atoms with E-state index in [1.807, 2.05) is 0 Å². The number of carboxylic acids is 2. The van der Waals surface area contributed by atoms with Crippen LogP contribution in [0.15, 0.2) is 53.4 Å². The predicted molar refractivity (Wildman–Crippen MR) is 121 cm³/mol. The second-order valence-electron chi connectivity index (χ2n) is 6.68. The van der Waals surface area contributed by atoms with E-state index in [9.17, 15) is 18.0 Å². The van der Waals surface area contributed by atoms with E-state index in [-0.39, 0.29) is 23.9 Å². The monoisotopic (exact) mass is 496 g/mol. The number of primary sulfonamides is 1. The average molecular weight is 496 g/mol. The number of anilines is 2. The molecule has 0 fully saturated rings. The van der Waals surface area contributed by atoms with Crippen LogP contribution in [-0.2, 0) is 29.2 Å². The Labute approximate surface area is 195 Å². The summed E-state index contributed by atoms with van der Waals surface area (Å²) in [5.41, 5.74) is 0.913. The Hall–Kier alpha value is -4.01. The van der Waals surface area contributed by atoms with Crippen molar-refractivity contribution in [3.63, 3.8) is 0 Å². The van der Waals surface area contributed by atoms with Crippen molar-refractivity contribution >= 4 is 45.2 Å². The van der Waals surface area contributed by atoms with Crippen LogP contribution in [0.25, 0.3) is 0 Å². The number of nitrogens with two attached hydrogens (primary N) is 1. The zero-order valence-corrected chi connectivity index (χ0v) is 19.0. The predicted octanol–water partition coefficient (Wildman–Crippen LogP) is 0.00720. The topological polar surface area (TPSA) is 205 Å². The molecule has 2 rings (SSSR count). The summed E-state index contributed by atoms with van der Waals surface area (Å²) >= 11 is 0. The van der Waals surface area contributed by atoms with Crippen LogP contribution >= 0.6 is 0 Å². The largest absolute Gasteiger partial charge is 0.497 e. The van der Waals surface area contributed by atoms with Crippen LogP contribution in [-0.4, -0.2) is 74.5 Å². The molecule has 6 N–H and O–H groups in total. The van der Waals surface area contributed by atoms with Crippen molar-refractivity contribution in [2.45, 2.75) is 4.90 Å². The number of amides is 2. The molecule has 0 aromatic heterocycles. The van der Waals surface area contributed by atoms with E-state index >= 15 is 0 Å². The van der Waals surface area contributed by atoms with Crippen molar-refractivity contribution in [2.24, 2.45) is 5.14 Å². The zero-order valence-electron chi connectivity index (χ0n) is 18.2. The van der Waals surface area contributed by atoms with Crippen LogP contribution in [0.2, 0.25) is 0 Å². The molecule has 0 unspecified atom stereocenters. The van der Waals surface area contributed by atoms with Gasteiger partial charge in [0, 0.05) is 11.4 Å². The molecule has 0 saturated heterocycles. The van der Waals surface area contributed by atoms with Gasteiger partial charge >= 0.3 is 11.9 Å². The number of hydrogen-bond acceptors (Lipinski definition) is 8. The maximum absolute atomic E-state index is 12.1. The molecule has 0 radical (unpaired) electrons. The van der Waals surface area contributed by atoms with Crippen LogP contribution in [0.1, 0.15) is 0 Å². The van der Waals surface area contributed by atoms with E-state index in [1.165, 1.54) is 23.1 Å². The molecule has 2 aromatic carbocycles. The van der Waals surface area contributed by atoms with E-state index in [0.29, 0.717) is 17.1 Å². The standard InChI is InChI=1S/C18H22N4O5S.C2H2O4/c1-22(11-17(23)20-13-6-8-15(27-2)9-7-13)12-18(24)21-14-4-3-5-16(10-14)28(19,25)26;3-1(4)2(5)6/h3-10H,11-12H2,1-2H3,(H,20,23)(H,21,24)(H2,19,25,26);(H,3,4)(H,5,6).